The molecular weight excluding hydrogens is 358 g/mol. The predicted molar refractivity (Wildman–Crippen MR) is 109 cm³/mol. The molecule has 0 unspecified atom stereocenters. The molecule has 2 amide bonds. The zero-order valence-corrected chi connectivity index (χ0v) is 15.6. The zero-order chi connectivity index (χ0) is 19.1. The van der Waals surface area contributed by atoms with Crippen LogP contribution in [0.25, 0.3) is 0 Å². The first-order chi connectivity index (χ1) is 13.1. The average molecular weight is 377 g/mol. The lowest BCUT2D eigenvalue weighted by molar-refractivity contribution is -0.113. The molecule has 5 nitrogen and oxygen atoms in total. The Kier molecular flexibility index (Phi) is 6.22. The van der Waals surface area contributed by atoms with Gasteiger partial charge in [0, 0.05) is 34.2 Å². The van der Waals surface area contributed by atoms with E-state index in [0.29, 0.717) is 17.0 Å². The third-order valence-corrected chi connectivity index (χ3v) is 4.77. The number of amides is 2. The molecule has 6 heteroatoms. The Morgan fingerprint density at radius 2 is 1.48 bits per heavy atom. The number of aromatic nitrogens is 1. The van der Waals surface area contributed by atoms with Gasteiger partial charge in [0.1, 0.15) is 0 Å². The standard InChI is InChI=1S/C21H19N3O2S/c1-15-2-4-16(5-3-15)21(26)24-17-6-8-19(9-7-17)27-14-20(25)23-18-10-12-22-13-11-18/h2-13H,14H2,1H3,(H,24,26)(H,22,23,25). The molecule has 3 rings (SSSR count). The number of thioether (sulfide) groups is 1. The van der Waals surface area contributed by atoms with Crippen LogP contribution in [0.1, 0.15) is 15.9 Å². The number of rotatable bonds is 6. The summed E-state index contributed by atoms with van der Waals surface area (Å²) in [5.74, 6) is 0.0762. The molecule has 0 aliphatic carbocycles. The zero-order valence-electron chi connectivity index (χ0n) is 14.8. The largest absolute Gasteiger partial charge is 0.325 e. The van der Waals surface area contributed by atoms with Crippen LogP contribution in [0, 0.1) is 6.92 Å². The minimum atomic E-state index is -0.146. The van der Waals surface area contributed by atoms with E-state index in [1.165, 1.54) is 11.8 Å². The second-order valence-electron chi connectivity index (χ2n) is 5.92. The van der Waals surface area contributed by atoms with E-state index < -0.39 is 0 Å². The van der Waals surface area contributed by atoms with Crippen molar-refractivity contribution < 1.29 is 9.59 Å². The van der Waals surface area contributed by atoms with Crippen molar-refractivity contribution in [1.82, 2.24) is 4.98 Å². The topological polar surface area (TPSA) is 71.1 Å². The quantitative estimate of drug-likeness (QED) is 0.626. The van der Waals surface area contributed by atoms with Crippen LogP contribution in [0.3, 0.4) is 0 Å². The van der Waals surface area contributed by atoms with E-state index in [2.05, 4.69) is 15.6 Å². The highest BCUT2D eigenvalue weighted by Gasteiger charge is 2.07. The maximum atomic E-state index is 12.2. The van der Waals surface area contributed by atoms with Gasteiger partial charge in [0.25, 0.3) is 5.91 Å². The Bertz CT molecular complexity index is 910. The first-order valence-corrected chi connectivity index (χ1v) is 9.39. The van der Waals surface area contributed by atoms with Gasteiger partial charge in [0.05, 0.1) is 5.75 Å². The maximum Gasteiger partial charge on any atom is 0.255 e. The summed E-state index contributed by atoms with van der Waals surface area (Å²) < 4.78 is 0. The Morgan fingerprint density at radius 3 is 2.15 bits per heavy atom. The van der Waals surface area contributed by atoms with Crippen molar-refractivity contribution >= 4 is 35.0 Å². The first-order valence-electron chi connectivity index (χ1n) is 8.41. The number of nitrogens with zero attached hydrogens (tertiary/aromatic N) is 1. The second kappa shape index (κ2) is 9.00. The highest BCUT2D eigenvalue weighted by molar-refractivity contribution is 8.00. The van der Waals surface area contributed by atoms with Gasteiger partial charge >= 0.3 is 0 Å². The normalized spacial score (nSPS) is 10.3. The van der Waals surface area contributed by atoms with Crippen molar-refractivity contribution in [2.24, 2.45) is 0 Å². The van der Waals surface area contributed by atoms with Gasteiger partial charge in [-0.2, -0.15) is 0 Å². The van der Waals surface area contributed by atoms with Crippen LogP contribution in [0.4, 0.5) is 11.4 Å². The number of benzene rings is 2. The number of pyridine rings is 1. The first kappa shape index (κ1) is 18.7. The molecule has 136 valence electrons. The van der Waals surface area contributed by atoms with Crippen molar-refractivity contribution in [3.63, 3.8) is 0 Å². The van der Waals surface area contributed by atoms with Gasteiger partial charge in [0.15, 0.2) is 0 Å². The van der Waals surface area contributed by atoms with Crippen molar-refractivity contribution in [3.05, 3.63) is 84.2 Å². The molecule has 3 aromatic rings. The highest BCUT2D eigenvalue weighted by Crippen LogP contribution is 2.21. The Morgan fingerprint density at radius 1 is 0.852 bits per heavy atom. The Labute approximate surface area is 162 Å². The number of anilines is 2. The molecule has 0 fully saturated rings. The van der Waals surface area contributed by atoms with E-state index in [0.717, 1.165) is 16.1 Å². The van der Waals surface area contributed by atoms with Gasteiger partial charge in [-0.3, -0.25) is 14.6 Å². The molecule has 0 aliphatic rings. The van der Waals surface area contributed by atoms with Crippen molar-refractivity contribution in [3.8, 4) is 0 Å². The number of hydrogen-bond acceptors (Lipinski definition) is 4. The fourth-order valence-corrected chi connectivity index (χ4v) is 3.02. The fraction of sp³-hybridized carbons (Fsp3) is 0.0952. The second-order valence-corrected chi connectivity index (χ2v) is 6.97. The summed E-state index contributed by atoms with van der Waals surface area (Å²) in [4.78, 5) is 29.1. The molecule has 2 aromatic carbocycles. The lowest BCUT2D eigenvalue weighted by Gasteiger charge is -2.07. The van der Waals surface area contributed by atoms with Crippen molar-refractivity contribution in [2.45, 2.75) is 11.8 Å². The van der Waals surface area contributed by atoms with Gasteiger partial charge in [-0.05, 0) is 55.5 Å². The summed E-state index contributed by atoms with van der Waals surface area (Å²) in [7, 11) is 0. The molecule has 0 atom stereocenters. The van der Waals surface area contributed by atoms with Gasteiger partial charge in [-0.1, -0.05) is 17.7 Å². The monoisotopic (exact) mass is 377 g/mol. The molecule has 2 N–H and O–H groups in total. The van der Waals surface area contributed by atoms with Crippen LogP contribution in [0.15, 0.2) is 78.0 Å². The third kappa shape index (κ3) is 5.69. The lowest BCUT2D eigenvalue weighted by Crippen LogP contribution is -2.14. The lowest BCUT2D eigenvalue weighted by atomic mass is 10.1. The molecule has 0 bridgehead atoms. The summed E-state index contributed by atoms with van der Waals surface area (Å²) in [5.41, 5.74) is 3.17. The highest BCUT2D eigenvalue weighted by atomic mass is 32.2. The van der Waals surface area contributed by atoms with Crippen LogP contribution in [0.5, 0.6) is 0 Å². The number of nitrogens with one attached hydrogen (secondary N) is 2. The molecule has 0 saturated heterocycles. The third-order valence-electron chi connectivity index (χ3n) is 3.76. The molecule has 0 aliphatic heterocycles. The van der Waals surface area contributed by atoms with Crippen molar-refractivity contribution in [1.29, 1.82) is 0 Å². The minimum absolute atomic E-state index is 0.0806. The molecular formula is C21H19N3O2S. The number of carbonyl (C=O) groups is 2. The molecule has 1 aromatic heterocycles. The molecule has 27 heavy (non-hydrogen) atoms. The summed E-state index contributed by atoms with van der Waals surface area (Å²) in [6.07, 6.45) is 3.26. The molecule has 0 radical (unpaired) electrons. The van der Waals surface area contributed by atoms with Crippen LogP contribution in [-0.4, -0.2) is 22.6 Å². The number of aryl methyl sites for hydroxylation is 1. The summed E-state index contributed by atoms with van der Waals surface area (Å²) in [6, 6.07) is 18.3. The molecule has 0 spiro atoms. The van der Waals surface area contributed by atoms with Crippen molar-refractivity contribution in [2.75, 3.05) is 16.4 Å². The van der Waals surface area contributed by atoms with E-state index in [-0.39, 0.29) is 11.8 Å². The summed E-state index contributed by atoms with van der Waals surface area (Å²) in [6.45, 7) is 1.98. The van der Waals surface area contributed by atoms with Gasteiger partial charge < -0.3 is 10.6 Å². The minimum Gasteiger partial charge on any atom is -0.325 e. The average Bonchev–Trinajstić information content (AvgIpc) is 2.69. The van der Waals surface area contributed by atoms with Gasteiger partial charge in [-0.25, -0.2) is 0 Å². The van der Waals surface area contributed by atoms with Gasteiger partial charge in [-0.15, -0.1) is 11.8 Å². The predicted octanol–water partition coefficient (Wildman–Crippen LogP) is 4.37. The van der Waals surface area contributed by atoms with E-state index >= 15 is 0 Å². The fourth-order valence-electron chi connectivity index (χ4n) is 2.32. The number of carbonyl (C=O) groups excluding carboxylic acids is 2. The molecule has 0 saturated carbocycles. The van der Waals surface area contributed by atoms with E-state index in [9.17, 15) is 9.59 Å². The van der Waals surface area contributed by atoms with Crippen LogP contribution >= 0.6 is 11.8 Å². The number of hydrogen-bond donors (Lipinski definition) is 2. The summed E-state index contributed by atoms with van der Waals surface area (Å²) in [5, 5.41) is 5.68. The maximum absolute atomic E-state index is 12.2. The Hall–Kier alpha value is -3.12. The summed E-state index contributed by atoms with van der Waals surface area (Å²) >= 11 is 1.43. The SMILES string of the molecule is Cc1ccc(C(=O)Nc2ccc(SCC(=O)Nc3ccncc3)cc2)cc1. The molecule has 1 heterocycles. The van der Waals surface area contributed by atoms with Gasteiger partial charge in [0.2, 0.25) is 5.91 Å². The van der Waals surface area contributed by atoms with Crippen LogP contribution < -0.4 is 10.6 Å². The smallest absolute Gasteiger partial charge is 0.255 e. The van der Waals surface area contributed by atoms with Crippen LogP contribution in [-0.2, 0) is 4.79 Å². The Balaban J connectivity index is 1.50. The van der Waals surface area contributed by atoms with Crippen LogP contribution in [0.2, 0.25) is 0 Å². The van der Waals surface area contributed by atoms with E-state index in [1.807, 2.05) is 43.3 Å². The van der Waals surface area contributed by atoms with E-state index in [1.54, 1.807) is 36.7 Å². The van der Waals surface area contributed by atoms with E-state index in [4.69, 9.17) is 0 Å².